The third kappa shape index (κ3) is 7.33. The first-order valence-corrected chi connectivity index (χ1v) is 14.4. The van der Waals surface area contributed by atoms with Gasteiger partial charge in [0.25, 0.3) is 18.2 Å². The van der Waals surface area contributed by atoms with Crippen molar-refractivity contribution in [1.82, 2.24) is 10.2 Å². The topological polar surface area (TPSA) is 91.0 Å². The van der Waals surface area contributed by atoms with Crippen molar-refractivity contribution in [3.63, 3.8) is 0 Å². The number of thiophene rings is 1. The van der Waals surface area contributed by atoms with Crippen molar-refractivity contribution in [2.45, 2.75) is 38.2 Å². The van der Waals surface area contributed by atoms with Gasteiger partial charge in [0, 0.05) is 37.4 Å². The summed E-state index contributed by atoms with van der Waals surface area (Å²) < 4.78 is 33.7. The molecule has 1 atom stereocenters. The fourth-order valence-electron chi connectivity index (χ4n) is 4.74. The summed E-state index contributed by atoms with van der Waals surface area (Å²) >= 11 is 7.13. The van der Waals surface area contributed by atoms with E-state index in [1.54, 1.807) is 12.1 Å². The molecule has 210 valence electrons. The molecule has 0 spiro atoms. The number of nitrogens with one attached hydrogen (secondary N) is 2. The Morgan fingerprint density at radius 3 is 2.44 bits per heavy atom. The van der Waals surface area contributed by atoms with E-state index in [1.807, 2.05) is 0 Å². The molecular formula is C27H31ClF2N4O4S. The van der Waals surface area contributed by atoms with Crippen LogP contribution < -0.4 is 15.5 Å². The number of carbonyl (C=O) groups is 3. The lowest BCUT2D eigenvalue weighted by Gasteiger charge is -2.31. The van der Waals surface area contributed by atoms with Crippen LogP contribution in [0.15, 0.2) is 30.3 Å². The van der Waals surface area contributed by atoms with E-state index < -0.39 is 18.4 Å². The lowest BCUT2D eigenvalue weighted by Crippen LogP contribution is -2.52. The summed E-state index contributed by atoms with van der Waals surface area (Å²) in [4.78, 5) is 42.5. The first kappa shape index (κ1) is 27.9. The number of anilines is 2. The predicted octanol–water partition coefficient (Wildman–Crippen LogP) is 4.56. The van der Waals surface area contributed by atoms with Crippen LogP contribution in [-0.2, 0) is 14.3 Å². The third-order valence-electron chi connectivity index (χ3n) is 7.18. The first-order chi connectivity index (χ1) is 18.8. The van der Waals surface area contributed by atoms with Gasteiger partial charge in [-0.15, -0.1) is 11.3 Å². The van der Waals surface area contributed by atoms with Crippen molar-refractivity contribution in [3.8, 4) is 0 Å². The molecule has 2 N–H and O–H groups in total. The van der Waals surface area contributed by atoms with Crippen molar-refractivity contribution in [2.75, 3.05) is 49.6 Å². The second-order valence-electron chi connectivity index (χ2n) is 10.3. The number of halogens is 3. The Morgan fingerprint density at radius 2 is 1.85 bits per heavy atom. The van der Waals surface area contributed by atoms with E-state index in [-0.39, 0.29) is 55.1 Å². The summed E-state index contributed by atoms with van der Waals surface area (Å²) in [5, 5.41) is 5.67. The molecule has 0 unspecified atom stereocenters. The molecule has 2 saturated carbocycles. The maximum Gasteiger partial charge on any atom is 0.265 e. The molecule has 12 heteroatoms. The molecule has 8 nitrogen and oxygen atoms in total. The summed E-state index contributed by atoms with van der Waals surface area (Å²) in [5.74, 6) is -0.0555. The summed E-state index contributed by atoms with van der Waals surface area (Å²) in [5.41, 5.74) is -0.0203. The van der Waals surface area contributed by atoms with E-state index in [9.17, 15) is 23.2 Å². The fourth-order valence-corrected chi connectivity index (χ4v) is 5.70. The van der Waals surface area contributed by atoms with E-state index in [1.165, 1.54) is 23.1 Å². The summed E-state index contributed by atoms with van der Waals surface area (Å²) in [6, 6.07) is 6.78. The predicted molar refractivity (Wildman–Crippen MR) is 146 cm³/mol. The van der Waals surface area contributed by atoms with Gasteiger partial charge in [0.1, 0.15) is 12.6 Å². The molecule has 5 rings (SSSR count). The van der Waals surface area contributed by atoms with Crippen molar-refractivity contribution in [2.24, 2.45) is 11.8 Å². The van der Waals surface area contributed by atoms with Crippen LogP contribution in [0.3, 0.4) is 0 Å². The van der Waals surface area contributed by atoms with Gasteiger partial charge in [0.15, 0.2) is 0 Å². The fraction of sp³-hybridized carbons (Fsp3) is 0.519. The molecule has 2 heterocycles. The molecule has 3 amide bonds. The number of amides is 3. The molecule has 1 aromatic carbocycles. The minimum absolute atomic E-state index is 0.0711. The standard InChI is InChI=1S/C27H31ClF2N4O4S/c28-23-8-7-22(39-23)27(37)31-12-21(33(13-16-1-2-16)14-17-3-4-17)26(36)32-18-5-6-20(19(11-18)25(29)30)34-9-10-38-15-24(34)35/h5-8,11,16-17,21,25H,1-4,9-10,12-15H2,(H,31,37)(H,32,36)/t21-/m1/s1. The summed E-state index contributed by atoms with van der Waals surface area (Å²) in [6.45, 7) is 1.84. The van der Waals surface area contributed by atoms with Crippen molar-refractivity contribution in [1.29, 1.82) is 0 Å². The normalized spacial score (nSPS) is 18.5. The molecule has 0 radical (unpaired) electrons. The zero-order valence-corrected chi connectivity index (χ0v) is 22.9. The Balaban J connectivity index is 1.34. The number of carbonyl (C=O) groups excluding carboxylic acids is 3. The zero-order chi connectivity index (χ0) is 27.5. The number of hydrogen-bond acceptors (Lipinski definition) is 6. The number of nitrogens with zero attached hydrogens (tertiary/aromatic N) is 2. The highest BCUT2D eigenvalue weighted by Crippen LogP contribution is 2.36. The zero-order valence-electron chi connectivity index (χ0n) is 21.3. The van der Waals surface area contributed by atoms with Gasteiger partial charge in [-0.25, -0.2) is 8.78 Å². The molecule has 0 bridgehead atoms. The molecule has 1 aromatic heterocycles. The van der Waals surface area contributed by atoms with Gasteiger partial charge in [-0.05, 0) is 67.9 Å². The molecular weight excluding hydrogens is 550 g/mol. The third-order valence-corrected chi connectivity index (χ3v) is 8.41. The monoisotopic (exact) mass is 580 g/mol. The SMILES string of the molecule is O=C(NC[C@H](C(=O)Nc1ccc(N2CCOCC2=O)c(C(F)F)c1)N(CC1CC1)CC1CC1)c1ccc(Cl)s1. The highest BCUT2D eigenvalue weighted by molar-refractivity contribution is 7.18. The number of benzene rings is 1. The number of ether oxygens (including phenoxy) is 1. The van der Waals surface area contributed by atoms with E-state index in [0.717, 1.165) is 50.1 Å². The van der Waals surface area contributed by atoms with Crippen LogP contribution in [0.5, 0.6) is 0 Å². The van der Waals surface area contributed by atoms with Crippen LogP contribution in [0.2, 0.25) is 4.34 Å². The Labute approximate surface area is 234 Å². The molecule has 1 aliphatic heterocycles. The second-order valence-corrected chi connectivity index (χ2v) is 12.0. The first-order valence-electron chi connectivity index (χ1n) is 13.2. The quantitative estimate of drug-likeness (QED) is 0.384. The van der Waals surface area contributed by atoms with Crippen LogP contribution in [0.1, 0.15) is 47.3 Å². The molecule has 1 saturated heterocycles. The van der Waals surface area contributed by atoms with Gasteiger partial charge in [-0.1, -0.05) is 11.6 Å². The molecule has 2 aromatic rings. The van der Waals surface area contributed by atoms with Crippen LogP contribution in [-0.4, -0.2) is 68.1 Å². The largest absolute Gasteiger partial charge is 0.370 e. The minimum Gasteiger partial charge on any atom is -0.370 e. The molecule has 39 heavy (non-hydrogen) atoms. The average Bonchev–Trinajstić information content (AvgIpc) is 3.85. The Hall–Kier alpha value is -2.60. The minimum atomic E-state index is -2.85. The van der Waals surface area contributed by atoms with Crippen molar-refractivity contribution < 1.29 is 27.9 Å². The lowest BCUT2D eigenvalue weighted by molar-refractivity contribution is -0.125. The molecule has 2 aliphatic carbocycles. The highest BCUT2D eigenvalue weighted by Gasteiger charge is 2.36. The number of rotatable bonds is 12. The smallest absolute Gasteiger partial charge is 0.265 e. The van der Waals surface area contributed by atoms with E-state index in [0.29, 0.717) is 21.0 Å². The van der Waals surface area contributed by atoms with Gasteiger partial charge >= 0.3 is 0 Å². The number of morpholine rings is 1. The Morgan fingerprint density at radius 1 is 1.13 bits per heavy atom. The van der Waals surface area contributed by atoms with Crippen LogP contribution in [0.4, 0.5) is 20.2 Å². The van der Waals surface area contributed by atoms with Gasteiger partial charge in [0.2, 0.25) is 5.91 Å². The summed E-state index contributed by atoms with van der Waals surface area (Å²) in [7, 11) is 0. The molecule has 3 fully saturated rings. The van der Waals surface area contributed by atoms with Gasteiger partial charge in [-0.2, -0.15) is 0 Å². The van der Waals surface area contributed by atoms with Gasteiger partial charge < -0.3 is 20.3 Å². The van der Waals surface area contributed by atoms with Gasteiger partial charge in [0.05, 0.1) is 21.5 Å². The second kappa shape index (κ2) is 12.3. The summed E-state index contributed by atoms with van der Waals surface area (Å²) in [6.07, 6.45) is 1.58. The van der Waals surface area contributed by atoms with Gasteiger partial charge in [-0.3, -0.25) is 19.3 Å². The Kier molecular flexibility index (Phi) is 8.80. The number of hydrogen-bond donors (Lipinski definition) is 2. The average molecular weight is 581 g/mol. The lowest BCUT2D eigenvalue weighted by atomic mass is 10.1. The number of alkyl halides is 2. The Bertz CT molecular complexity index is 1210. The molecule has 3 aliphatic rings. The maximum absolute atomic E-state index is 14.0. The van der Waals surface area contributed by atoms with Crippen LogP contribution in [0.25, 0.3) is 0 Å². The highest BCUT2D eigenvalue weighted by atomic mass is 35.5. The van der Waals surface area contributed by atoms with E-state index >= 15 is 0 Å². The van der Waals surface area contributed by atoms with Crippen molar-refractivity contribution >= 4 is 52.0 Å². The van der Waals surface area contributed by atoms with Crippen molar-refractivity contribution in [3.05, 3.63) is 45.1 Å². The van der Waals surface area contributed by atoms with E-state index in [2.05, 4.69) is 15.5 Å². The maximum atomic E-state index is 14.0. The van der Waals surface area contributed by atoms with E-state index in [4.69, 9.17) is 16.3 Å². The van der Waals surface area contributed by atoms with Crippen LogP contribution >= 0.6 is 22.9 Å². The van der Waals surface area contributed by atoms with Crippen LogP contribution in [0, 0.1) is 11.8 Å².